The number of nitrogens with one attached hydrogen (secondary N) is 1. The van der Waals surface area contributed by atoms with Gasteiger partial charge in [-0.05, 0) is 43.9 Å². The number of hydrogen-bond donors (Lipinski definition) is 1. The average Bonchev–Trinajstić information content (AvgIpc) is 3.18. The van der Waals surface area contributed by atoms with Crippen LogP contribution < -0.4 is 0 Å². The van der Waals surface area contributed by atoms with Crippen LogP contribution in [-0.4, -0.2) is 46.7 Å². The lowest BCUT2D eigenvalue weighted by Crippen LogP contribution is -2.51. The second-order valence-corrected chi connectivity index (χ2v) is 7.74. The van der Waals surface area contributed by atoms with Crippen molar-refractivity contribution in [1.29, 1.82) is 0 Å². The minimum atomic E-state index is -4.63. The van der Waals surface area contributed by atoms with Gasteiger partial charge in [-0.3, -0.25) is 14.7 Å². The van der Waals surface area contributed by atoms with E-state index < -0.39 is 29.2 Å². The van der Waals surface area contributed by atoms with Gasteiger partial charge in [-0.2, -0.15) is 18.3 Å². The van der Waals surface area contributed by atoms with Gasteiger partial charge < -0.3 is 9.64 Å². The van der Waals surface area contributed by atoms with E-state index in [0.29, 0.717) is 36.9 Å². The average molecular weight is 444 g/mol. The Morgan fingerprint density at radius 3 is 2.73 bits per heavy atom. The minimum absolute atomic E-state index is 0.0192. The molecule has 0 bridgehead atoms. The molecule has 0 radical (unpaired) electrons. The number of amides is 1. The Morgan fingerprint density at radius 1 is 1.33 bits per heavy atom. The number of carbonyl (C=O) groups excluding carboxylic acids is 2. The predicted molar refractivity (Wildman–Crippen MR) is 103 cm³/mol. The van der Waals surface area contributed by atoms with Gasteiger partial charge in [0.15, 0.2) is 5.69 Å². The molecule has 3 rings (SSSR count). The van der Waals surface area contributed by atoms with Gasteiger partial charge in [-0.25, -0.2) is 0 Å². The maximum atomic E-state index is 12.9. The summed E-state index contributed by atoms with van der Waals surface area (Å²) in [4.78, 5) is 27.1. The fourth-order valence-electron chi connectivity index (χ4n) is 3.75. The van der Waals surface area contributed by atoms with E-state index >= 15 is 0 Å². The molecule has 6 nitrogen and oxygen atoms in total. The largest absolute Gasteiger partial charge is 0.466 e. The standard InChI is InChI=1S/C20H21ClF3N3O3/c1-2-30-18(29)19(11-13-5-3-6-14(21)9-13)7-4-8-27(12-19)17(28)15-10-16(26-25-15)20(22,23)24/h3,5-6,9-10H,2,4,7-8,11-12H2,1H3,(H,25,26)/t19-/m0/s1. The van der Waals surface area contributed by atoms with Crippen LogP contribution in [0.2, 0.25) is 5.02 Å². The van der Waals surface area contributed by atoms with Crippen LogP contribution in [0.4, 0.5) is 13.2 Å². The first-order chi connectivity index (χ1) is 14.1. The Bertz CT molecular complexity index is 931. The minimum Gasteiger partial charge on any atom is -0.466 e. The number of carbonyl (C=O) groups is 2. The molecule has 1 aliphatic rings. The Labute approximate surface area is 176 Å². The van der Waals surface area contributed by atoms with Crippen molar-refractivity contribution in [2.45, 2.75) is 32.4 Å². The van der Waals surface area contributed by atoms with Crippen molar-refractivity contribution in [1.82, 2.24) is 15.1 Å². The summed E-state index contributed by atoms with van der Waals surface area (Å²) in [7, 11) is 0. The highest BCUT2D eigenvalue weighted by molar-refractivity contribution is 6.30. The van der Waals surface area contributed by atoms with Crippen molar-refractivity contribution in [3.63, 3.8) is 0 Å². The smallest absolute Gasteiger partial charge is 0.432 e. The Balaban J connectivity index is 1.86. The summed E-state index contributed by atoms with van der Waals surface area (Å²) in [6, 6.07) is 7.74. The third-order valence-electron chi connectivity index (χ3n) is 5.11. The van der Waals surface area contributed by atoms with Crippen LogP contribution in [0.25, 0.3) is 0 Å². The van der Waals surface area contributed by atoms with E-state index in [1.807, 2.05) is 11.2 Å². The van der Waals surface area contributed by atoms with Crippen LogP contribution in [-0.2, 0) is 22.1 Å². The number of aromatic nitrogens is 2. The molecular weight excluding hydrogens is 423 g/mol. The number of rotatable bonds is 5. The number of esters is 1. The lowest BCUT2D eigenvalue weighted by molar-refractivity contribution is -0.158. The molecule has 1 aromatic heterocycles. The van der Waals surface area contributed by atoms with Crippen molar-refractivity contribution < 1.29 is 27.5 Å². The van der Waals surface area contributed by atoms with Gasteiger partial charge >= 0.3 is 12.1 Å². The number of nitrogens with zero attached hydrogens (tertiary/aromatic N) is 2. The zero-order valence-corrected chi connectivity index (χ0v) is 17.0. The van der Waals surface area contributed by atoms with Crippen LogP contribution in [0.5, 0.6) is 0 Å². The van der Waals surface area contributed by atoms with Crippen molar-refractivity contribution in [3.8, 4) is 0 Å². The first-order valence-corrected chi connectivity index (χ1v) is 9.86. The van der Waals surface area contributed by atoms with Crippen LogP contribution >= 0.6 is 11.6 Å². The molecular formula is C20H21ClF3N3O3. The van der Waals surface area contributed by atoms with E-state index in [1.54, 1.807) is 25.1 Å². The summed E-state index contributed by atoms with van der Waals surface area (Å²) in [5.41, 5.74) is -1.65. The van der Waals surface area contributed by atoms with Gasteiger partial charge in [0.05, 0.1) is 12.0 Å². The zero-order valence-electron chi connectivity index (χ0n) is 16.3. The van der Waals surface area contributed by atoms with E-state index in [0.717, 1.165) is 5.56 Å². The highest BCUT2D eigenvalue weighted by Crippen LogP contribution is 2.36. The molecule has 30 heavy (non-hydrogen) atoms. The van der Waals surface area contributed by atoms with Crippen LogP contribution in [0, 0.1) is 5.41 Å². The number of ether oxygens (including phenoxy) is 1. The molecule has 0 spiro atoms. The molecule has 0 unspecified atom stereocenters. The van der Waals surface area contributed by atoms with Crippen molar-refractivity contribution in [2.24, 2.45) is 5.41 Å². The van der Waals surface area contributed by atoms with Gasteiger partial charge in [0.25, 0.3) is 5.91 Å². The lowest BCUT2D eigenvalue weighted by Gasteiger charge is -2.41. The highest BCUT2D eigenvalue weighted by atomic mass is 35.5. The third-order valence-corrected chi connectivity index (χ3v) is 5.34. The number of benzene rings is 1. The quantitative estimate of drug-likeness (QED) is 0.706. The van der Waals surface area contributed by atoms with Crippen LogP contribution in [0.3, 0.4) is 0 Å². The second kappa shape index (κ2) is 8.67. The van der Waals surface area contributed by atoms with Crippen molar-refractivity contribution in [3.05, 3.63) is 52.3 Å². The highest BCUT2D eigenvalue weighted by Gasteiger charge is 2.45. The van der Waals surface area contributed by atoms with Crippen molar-refractivity contribution >= 4 is 23.5 Å². The molecule has 1 N–H and O–H groups in total. The monoisotopic (exact) mass is 443 g/mol. The number of halogens is 4. The molecule has 0 aliphatic carbocycles. The predicted octanol–water partition coefficient (Wildman–Crippen LogP) is 4.11. The fraction of sp³-hybridized carbons (Fsp3) is 0.450. The fourth-order valence-corrected chi connectivity index (χ4v) is 3.96. The number of hydrogen-bond acceptors (Lipinski definition) is 4. The summed E-state index contributed by atoms with van der Waals surface area (Å²) in [6.45, 7) is 2.20. The SMILES string of the molecule is CCOC(=O)[C@]1(Cc2cccc(Cl)c2)CCCN(C(=O)c2cc(C(F)(F)F)[nH]n2)C1. The maximum absolute atomic E-state index is 12.9. The molecule has 2 heterocycles. The van der Waals surface area contributed by atoms with Gasteiger partial charge in [0.1, 0.15) is 5.69 Å². The molecule has 10 heteroatoms. The number of piperidine rings is 1. The van der Waals surface area contributed by atoms with Gasteiger partial charge in [0.2, 0.25) is 0 Å². The van der Waals surface area contributed by atoms with Crippen molar-refractivity contribution in [2.75, 3.05) is 19.7 Å². The van der Waals surface area contributed by atoms with E-state index in [-0.39, 0.29) is 18.8 Å². The Kier molecular flexibility index (Phi) is 6.40. The zero-order chi connectivity index (χ0) is 21.9. The summed E-state index contributed by atoms with van der Waals surface area (Å²) in [6.07, 6.45) is -3.35. The number of H-pyrrole nitrogens is 1. The van der Waals surface area contributed by atoms with Gasteiger partial charge in [-0.15, -0.1) is 0 Å². The molecule has 1 aromatic carbocycles. The Morgan fingerprint density at radius 2 is 2.10 bits per heavy atom. The lowest BCUT2D eigenvalue weighted by atomic mass is 9.75. The van der Waals surface area contributed by atoms with Crippen LogP contribution in [0.15, 0.2) is 30.3 Å². The summed E-state index contributed by atoms with van der Waals surface area (Å²) in [5.74, 6) is -1.11. The van der Waals surface area contributed by atoms with Crippen LogP contribution in [0.1, 0.15) is 41.5 Å². The molecule has 162 valence electrons. The topological polar surface area (TPSA) is 75.3 Å². The summed E-state index contributed by atoms with van der Waals surface area (Å²) >= 11 is 6.06. The maximum Gasteiger partial charge on any atom is 0.432 e. The molecule has 1 fully saturated rings. The third kappa shape index (κ3) is 4.77. The molecule has 1 amide bonds. The molecule has 2 aromatic rings. The summed E-state index contributed by atoms with van der Waals surface area (Å²) in [5, 5.41) is 5.88. The second-order valence-electron chi connectivity index (χ2n) is 7.30. The first kappa shape index (κ1) is 22.1. The molecule has 0 saturated carbocycles. The normalized spacial score (nSPS) is 19.6. The Hall–Kier alpha value is -2.55. The van der Waals surface area contributed by atoms with Gasteiger partial charge in [0, 0.05) is 24.2 Å². The number of aromatic amines is 1. The number of likely N-dealkylation sites (tertiary alicyclic amines) is 1. The van der Waals surface area contributed by atoms with Gasteiger partial charge in [-0.1, -0.05) is 23.7 Å². The van der Waals surface area contributed by atoms with E-state index in [4.69, 9.17) is 16.3 Å². The van der Waals surface area contributed by atoms with E-state index in [2.05, 4.69) is 5.10 Å². The van der Waals surface area contributed by atoms with E-state index in [9.17, 15) is 22.8 Å². The molecule has 1 saturated heterocycles. The summed E-state index contributed by atoms with van der Waals surface area (Å²) < 4.78 is 43.8. The molecule has 1 aliphatic heterocycles. The number of alkyl halides is 3. The first-order valence-electron chi connectivity index (χ1n) is 9.48. The van der Waals surface area contributed by atoms with E-state index in [1.165, 1.54) is 4.90 Å². The molecule has 1 atom stereocenters.